The van der Waals surface area contributed by atoms with Gasteiger partial charge in [0.1, 0.15) is 6.04 Å². The Morgan fingerprint density at radius 2 is 1.66 bits per heavy atom. The van der Waals surface area contributed by atoms with Crippen molar-refractivity contribution in [3.8, 4) is 0 Å². The highest BCUT2D eigenvalue weighted by atomic mass is 35.5. The van der Waals surface area contributed by atoms with Crippen molar-refractivity contribution in [1.82, 2.24) is 10.2 Å². The van der Waals surface area contributed by atoms with Gasteiger partial charge >= 0.3 is 0 Å². The zero-order chi connectivity index (χ0) is 27.5. The number of nitrogens with one attached hydrogen (secondary N) is 1. The summed E-state index contributed by atoms with van der Waals surface area (Å²) in [6.45, 7) is 2.84. The fraction of sp³-hybridized carbons (Fsp3) is 0.310. The van der Waals surface area contributed by atoms with Gasteiger partial charge in [0.25, 0.3) is 0 Å². The van der Waals surface area contributed by atoms with Gasteiger partial charge in [-0.2, -0.15) is 0 Å². The van der Waals surface area contributed by atoms with Crippen LogP contribution in [0.25, 0.3) is 0 Å². The number of nitrogens with zero attached hydrogens (tertiary/aromatic N) is 1. The molecule has 9 heteroatoms. The van der Waals surface area contributed by atoms with Crippen LogP contribution in [0.1, 0.15) is 36.5 Å². The summed E-state index contributed by atoms with van der Waals surface area (Å²) in [5.41, 5.74) is 2.65. The highest BCUT2D eigenvalue weighted by Gasteiger charge is 2.30. The van der Waals surface area contributed by atoms with Gasteiger partial charge in [-0.1, -0.05) is 102 Å². The van der Waals surface area contributed by atoms with E-state index in [-0.39, 0.29) is 24.1 Å². The molecule has 1 N–H and O–H groups in total. The van der Waals surface area contributed by atoms with E-state index < -0.39 is 6.04 Å². The molecule has 2 amide bonds. The number of halogens is 4. The van der Waals surface area contributed by atoms with Crippen LogP contribution in [0, 0.1) is 0 Å². The van der Waals surface area contributed by atoms with Gasteiger partial charge in [0.15, 0.2) is 0 Å². The molecule has 0 saturated heterocycles. The van der Waals surface area contributed by atoms with Crippen LogP contribution in [-0.4, -0.2) is 35.1 Å². The minimum Gasteiger partial charge on any atom is -0.354 e. The second-order valence-electron chi connectivity index (χ2n) is 8.85. The van der Waals surface area contributed by atoms with Crippen molar-refractivity contribution >= 4 is 70.0 Å². The summed E-state index contributed by atoms with van der Waals surface area (Å²) in [6.07, 6.45) is 2.21. The molecule has 0 radical (unpaired) electrons. The lowest BCUT2D eigenvalue weighted by Crippen LogP contribution is -2.51. The number of carbonyl (C=O) groups is 2. The summed E-state index contributed by atoms with van der Waals surface area (Å²) in [7, 11) is 0. The topological polar surface area (TPSA) is 49.4 Å². The first-order valence-electron chi connectivity index (χ1n) is 12.3. The first kappa shape index (κ1) is 30.6. The fourth-order valence-electron chi connectivity index (χ4n) is 3.86. The van der Waals surface area contributed by atoms with E-state index in [1.165, 1.54) is 11.8 Å². The van der Waals surface area contributed by atoms with E-state index in [0.29, 0.717) is 38.8 Å². The van der Waals surface area contributed by atoms with Crippen LogP contribution >= 0.6 is 58.2 Å². The molecule has 0 heterocycles. The van der Waals surface area contributed by atoms with Crippen LogP contribution in [0.15, 0.2) is 66.7 Å². The van der Waals surface area contributed by atoms with Crippen LogP contribution in [-0.2, 0) is 28.3 Å². The summed E-state index contributed by atoms with van der Waals surface area (Å²) in [4.78, 5) is 28.8. The van der Waals surface area contributed by atoms with Gasteiger partial charge in [-0.3, -0.25) is 9.59 Å². The van der Waals surface area contributed by atoms with Gasteiger partial charge in [0.2, 0.25) is 11.8 Å². The Balaban J connectivity index is 1.86. The van der Waals surface area contributed by atoms with Crippen molar-refractivity contribution in [2.24, 2.45) is 0 Å². The average molecular weight is 612 g/mol. The third kappa shape index (κ3) is 9.39. The second kappa shape index (κ2) is 15.6. The molecule has 3 aromatic rings. The average Bonchev–Trinajstić information content (AvgIpc) is 2.90. The van der Waals surface area contributed by atoms with Crippen LogP contribution in [0.2, 0.25) is 20.1 Å². The first-order chi connectivity index (χ1) is 18.3. The predicted molar refractivity (Wildman–Crippen MR) is 161 cm³/mol. The summed E-state index contributed by atoms with van der Waals surface area (Å²) in [5.74, 6) is 0.376. The molecule has 0 aliphatic heterocycles. The van der Waals surface area contributed by atoms with Gasteiger partial charge in [-0.25, -0.2) is 0 Å². The molecule has 0 aliphatic rings. The van der Waals surface area contributed by atoms with Crippen molar-refractivity contribution < 1.29 is 9.59 Å². The van der Waals surface area contributed by atoms with Gasteiger partial charge < -0.3 is 10.2 Å². The molecule has 1 atom stereocenters. The maximum atomic E-state index is 13.7. The lowest BCUT2D eigenvalue weighted by molar-refractivity contribution is -0.139. The summed E-state index contributed by atoms with van der Waals surface area (Å²) >= 11 is 26.2. The van der Waals surface area contributed by atoms with Gasteiger partial charge in [0, 0.05) is 35.3 Å². The van der Waals surface area contributed by atoms with E-state index in [1.54, 1.807) is 29.2 Å². The Morgan fingerprint density at radius 3 is 2.34 bits per heavy atom. The lowest BCUT2D eigenvalue weighted by atomic mass is 10.0. The Bertz CT molecular complexity index is 1230. The molecular formula is C29H30Cl4N2O2S. The summed E-state index contributed by atoms with van der Waals surface area (Å²) < 4.78 is 0. The smallest absolute Gasteiger partial charge is 0.243 e. The number of thioether (sulfide) groups is 1. The normalized spacial score (nSPS) is 11.7. The number of carbonyl (C=O) groups excluding carboxylic acids is 2. The van der Waals surface area contributed by atoms with E-state index in [2.05, 4.69) is 12.2 Å². The Hall–Kier alpha value is -1.89. The van der Waals surface area contributed by atoms with E-state index in [1.807, 2.05) is 42.5 Å². The highest BCUT2D eigenvalue weighted by Crippen LogP contribution is 2.27. The van der Waals surface area contributed by atoms with Crippen LogP contribution in [0.4, 0.5) is 0 Å². The van der Waals surface area contributed by atoms with Crippen LogP contribution in [0.5, 0.6) is 0 Å². The third-order valence-corrected chi connectivity index (χ3v) is 8.23. The van der Waals surface area contributed by atoms with E-state index in [9.17, 15) is 9.59 Å². The molecule has 3 rings (SSSR count). The number of unbranched alkanes of at least 4 members (excludes halogenated alkanes) is 1. The molecule has 0 aliphatic carbocycles. The Labute approximate surface area is 249 Å². The van der Waals surface area contributed by atoms with Crippen LogP contribution in [0.3, 0.4) is 0 Å². The summed E-state index contributed by atoms with van der Waals surface area (Å²) in [5, 5.41) is 4.97. The maximum absolute atomic E-state index is 13.7. The lowest BCUT2D eigenvalue weighted by Gasteiger charge is -2.31. The predicted octanol–water partition coefficient (Wildman–Crippen LogP) is 8.09. The second-order valence-corrected chi connectivity index (χ2v) is 11.5. The molecule has 0 fully saturated rings. The largest absolute Gasteiger partial charge is 0.354 e. The summed E-state index contributed by atoms with van der Waals surface area (Å²) in [6, 6.07) is 19.6. The van der Waals surface area contributed by atoms with Gasteiger partial charge in [-0.05, 0) is 47.4 Å². The van der Waals surface area contributed by atoms with Crippen molar-refractivity contribution in [1.29, 1.82) is 0 Å². The van der Waals surface area contributed by atoms with Gasteiger partial charge in [-0.15, -0.1) is 11.8 Å². The number of hydrogen-bond acceptors (Lipinski definition) is 3. The SMILES string of the molecule is CCCCNC(=O)[C@@H](Cc1ccccc1)N(Cc1ccc(Cl)c(Cl)c1)C(=O)CSCc1ccc(Cl)cc1Cl. The van der Waals surface area contributed by atoms with E-state index >= 15 is 0 Å². The standard InChI is InChI=1S/C29H30Cl4N2O2S/c1-2-3-13-34-29(37)27(15-20-7-5-4-6-8-20)35(17-21-9-12-24(31)26(33)14-21)28(36)19-38-18-22-10-11-23(30)16-25(22)32/h4-12,14,16,27H,2-3,13,15,17-19H2,1H3,(H,34,37)/t27-/m1/s1. The van der Waals surface area contributed by atoms with Crippen molar-refractivity contribution in [3.63, 3.8) is 0 Å². The quantitative estimate of drug-likeness (QED) is 0.199. The molecule has 202 valence electrons. The zero-order valence-electron chi connectivity index (χ0n) is 21.1. The minimum absolute atomic E-state index is 0.155. The zero-order valence-corrected chi connectivity index (χ0v) is 24.9. The van der Waals surface area contributed by atoms with E-state index in [4.69, 9.17) is 46.4 Å². The molecule has 0 unspecified atom stereocenters. The number of hydrogen-bond donors (Lipinski definition) is 1. The molecule has 3 aromatic carbocycles. The Kier molecular flexibility index (Phi) is 12.6. The third-order valence-electron chi connectivity index (χ3n) is 5.94. The highest BCUT2D eigenvalue weighted by molar-refractivity contribution is 7.99. The van der Waals surface area contributed by atoms with E-state index in [0.717, 1.165) is 29.5 Å². The molecule has 0 saturated carbocycles. The molecule has 0 spiro atoms. The van der Waals surface area contributed by atoms with Crippen LogP contribution < -0.4 is 5.32 Å². The Morgan fingerprint density at radius 1 is 0.895 bits per heavy atom. The maximum Gasteiger partial charge on any atom is 0.243 e. The molecule has 4 nitrogen and oxygen atoms in total. The number of benzene rings is 3. The van der Waals surface area contributed by atoms with Crippen molar-refractivity contribution in [3.05, 3.63) is 104 Å². The molecule has 38 heavy (non-hydrogen) atoms. The monoisotopic (exact) mass is 610 g/mol. The molecule has 0 bridgehead atoms. The number of rotatable bonds is 13. The minimum atomic E-state index is -0.698. The number of amides is 2. The van der Waals surface area contributed by atoms with Crippen molar-refractivity contribution in [2.75, 3.05) is 12.3 Å². The molecular weight excluding hydrogens is 582 g/mol. The van der Waals surface area contributed by atoms with Gasteiger partial charge in [0.05, 0.1) is 15.8 Å². The first-order valence-corrected chi connectivity index (χ1v) is 15.0. The van der Waals surface area contributed by atoms with Crippen molar-refractivity contribution in [2.45, 2.75) is 44.5 Å². The fourth-order valence-corrected chi connectivity index (χ4v) is 5.65. The molecule has 0 aromatic heterocycles.